The Hall–Kier alpha value is -3.93. The minimum atomic E-state index is -0.813. The predicted octanol–water partition coefficient (Wildman–Crippen LogP) is 17.9. The lowest BCUT2D eigenvalue weighted by atomic mass is 10.1. The van der Waals surface area contributed by atoms with Gasteiger partial charge in [0.1, 0.15) is 13.2 Å². The molecule has 0 aromatic carbocycles. The predicted molar refractivity (Wildman–Crippen MR) is 283 cm³/mol. The molecule has 0 aliphatic heterocycles. The van der Waals surface area contributed by atoms with E-state index in [-0.39, 0.29) is 37.5 Å². The molecule has 0 spiro atoms. The van der Waals surface area contributed by atoms with Crippen molar-refractivity contribution in [3.63, 3.8) is 0 Å². The van der Waals surface area contributed by atoms with Crippen molar-refractivity contribution in [1.82, 2.24) is 0 Å². The number of rotatable bonds is 47. The highest BCUT2D eigenvalue weighted by Crippen LogP contribution is 2.14. The van der Waals surface area contributed by atoms with E-state index in [1.807, 2.05) is 48.6 Å². The normalized spacial score (nSPS) is 13.0. The first-order valence-electron chi connectivity index (χ1n) is 27.0. The van der Waals surface area contributed by atoms with Gasteiger partial charge in [0.15, 0.2) is 6.10 Å². The molecule has 6 heteroatoms. The Labute approximate surface area is 406 Å². The summed E-state index contributed by atoms with van der Waals surface area (Å²) in [6.45, 7) is 6.32. The van der Waals surface area contributed by atoms with Gasteiger partial charge in [-0.05, 0) is 96.3 Å². The topological polar surface area (TPSA) is 78.9 Å². The summed E-state index contributed by atoms with van der Waals surface area (Å²) >= 11 is 0. The molecule has 6 nitrogen and oxygen atoms in total. The molecule has 0 heterocycles. The maximum absolute atomic E-state index is 12.8. The van der Waals surface area contributed by atoms with Crippen molar-refractivity contribution in [3.05, 3.63) is 109 Å². The molecule has 0 N–H and O–H groups in total. The first-order valence-corrected chi connectivity index (χ1v) is 27.0. The van der Waals surface area contributed by atoms with Crippen molar-refractivity contribution in [2.45, 2.75) is 239 Å². The van der Waals surface area contributed by atoms with Crippen LogP contribution < -0.4 is 0 Å². The van der Waals surface area contributed by atoms with Gasteiger partial charge in [0.2, 0.25) is 0 Å². The fourth-order valence-electron chi connectivity index (χ4n) is 7.12. The third kappa shape index (κ3) is 51.1. The molecule has 0 rings (SSSR count). The van der Waals surface area contributed by atoms with Crippen LogP contribution >= 0.6 is 0 Å². The fourth-order valence-corrected chi connectivity index (χ4v) is 7.12. The number of unbranched alkanes of at least 4 members (excludes halogenated alkanes) is 22. The van der Waals surface area contributed by atoms with E-state index in [1.54, 1.807) is 0 Å². The molecule has 0 saturated carbocycles. The molecule has 0 amide bonds. The standard InChI is InChI=1S/C60H98O6/c1-4-7-10-13-16-19-22-25-28-29-30-31-33-35-38-41-44-47-50-53-59(62)65-56-57(55-64-58(61)52-49-46-43-40-37-34-27-24-21-18-15-12-9-6-3)66-60(63)54-51-48-45-42-39-36-32-26-23-20-17-14-11-8-5-2/h8-9,11-12,14,17-18,20-21,23,26-27,29-30,32,34,36,39,57H,4-7,10,13,15-16,19,22,24-25,28,31,33,35,37-38,40-56H2,1-3H3/b11-8-,12-9-,17-14-,21-18-,23-20-,30-29-,32-26-,34-27-,39-36-. The maximum atomic E-state index is 12.8. The van der Waals surface area contributed by atoms with E-state index in [0.29, 0.717) is 19.3 Å². The van der Waals surface area contributed by atoms with Crippen LogP contribution in [0.3, 0.4) is 0 Å². The van der Waals surface area contributed by atoms with Gasteiger partial charge in [-0.2, -0.15) is 0 Å². The van der Waals surface area contributed by atoms with Crippen molar-refractivity contribution in [3.8, 4) is 0 Å². The van der Waals surface area contributed by atoms with Crippen LogP contribution in [-0.2, 0) is 28.6 Å². The quantitative estimate of drug-likeness (QED) is 0.0199. The maximum Gasteiger partial charge on any atom is 0.306 e. The van der Waals surface area contributed by atoms with Crippen LogP contribution in [0.25, 0.3) is 0 Å². The Kier molecular flexibility index (Phi) is 50.5. The molecule has 0 bridgehead atoms. The summed E-state index contributed by atoms with van der Waals surface area (Å²) in [5.41, 5.74) is 0. The zero-order chi connectivity index (χ0) is 47.9. The number of hydrogen-bond donors (Lipinski definition) is 0. The van der Waals surface area contributed by atoms with Crippen molar-refractivity contribution < 1.29 is 28.6 Å². The summed E-state index contributed by atoms with van der Waals surface area (Å²) in [4.78, 5) is 38.0. The minimum Gasteiger partial charge on any atom is -0.462 e. The van der Waals surface area contributed by atoms with Crippen molar-refractivity contribution in [1.29, 1.82) is 0 Å². The lowest BCUT2D eigenvalue weighted by Gasteiger charge is -2.18. The van der Waals surface area contributed by atoms with Crippen LogP contribution in [0.1, 0.15) is 233 Å². The molecule has 0 aliphatic carbocycles. The molecule has 0 aromatic rings. The van der Waals surface area contributed by atoms with Crippen LogP contribution in [0.15, 0.2) is 109 Å². The smallest absolute Gasteiger partial charge is 0.306 e. The summed E-state index contributed by atoms with van der Waals surface area (Å²) in [7, 11) is 0. The highest BCUT2D eigenvalue weighted by atomic mass is 16.6. The Morgan fingerprint density at radius 1 is 0.333 bits per heavy atom. The average Bonchev–Trinajstić information content (AvgIpc) is 3.31. The summed E-state index contributed by atoms with van der Waals surface area (Å²) < 4.78 is 16.8. The third-order valence-electron chi connectivity index (χ3n) is 11.1. The lowest BCUT2D eigenvalue weighted by Crippen LogP contribution is -2.30. The van der Waals surface area contributed by atoms with Crippen LogP contribution in [0.5, 0.6) is 0 Å². The summed E-state index contributed by atoms with van der Waals surface area (Å²) in [6.07, 6.45) is 72.2. The first kappa shape index (κ1) is 62.1. The highest BCUT2D eigenvalue weighted by molar-refractivity contribution is 5.71. The van der Waals surface area contributed by atoms with Crippen LogP contribution in [0.2, 0.25) is 0 Å². The monoisotopic (exact) mass is 915 g/mol. The molecule has 1 unspecified atom stereocenters. The third-order valence-corrected chi connectivity index (χ3v) is 11.1. The van der Waals surface area contributed by atoms with Crippen molar-refractivity contribution >= 4 is 17.9 Å². The largest absolute Gasteiger partial charge is 0.462 e. The second-order valence-corrected chi connectivity index (χ2v) is 17.5. The second kappa shape index (κ2) is 53.7. The lowest BCUT2D eigenvalue weighted by molar-refractivity contribution is -0.167. The number of carbonyl (C=O) groups is 3. The van der Waals surface area contributed by atoms with Gasteiger partial charge in [0.25, 0.3) is 0 Å². The molecule has 0 aromatic heterocycles. The van der Waals surface area contributed by atoms with E-state index in [1.165, 1.54) is 89.9 Å². The van der Waals surface area contributed by atoms with E-state index in [4.69, 9.17) is 14.2 Å². The van der Waals surface area contributed by atoms with Crippen LogP contribution in [-0.4, -0.2) is 37.2 Å². The number of esters is 3. The van der Waals surface area contributed by atoms with E-state index in [2.05, 4.69) is 81.5 Å². The van der Waals surface area contributed by atoms with E-state index < -0.39 is 6.10 Å². The van der Waals surface area contributed by atoms with Crippen molar-refractivity contribution in [2.75, 3.05) is 13.2 Å². The van der Waals surface area contributed by atoms with Gasteiger partial charge in [-0.1, -0.05) is 226 Å². The van der Waals surface area contributed by atoms with E-state index >= 15 is 0 Å². The molecule has 66 heavy (non-hydrogen) atoms. The summed E-state index contributed by atoms with van der Waals surface area (Å²) in [5.74, 6) is -0.979. The number of ether oxygens (including phenoxy) is 3. The van der Waals surface area contributed by atoms with Crippen molar-refractivity contribution in [2.24, 2.45) is 0 Å². The van der Waals surface area contributed by atoms with Crippen LogP contribution in [0, 0.1) is 0 Å². The first-order chi connectivity index (χ1) is 32.5. The zero-order valence-electron chi connectivity index (χ0n) is 42.7. The summed E-state index contributed by atoms with van der Waals surface area (Å²) in [5, 5.41) is 0. The molecule has 0 fully saturated rings. The molecular formula is C60H98O6. The highest BCUT2D eigenvalue weighted by Gasteiger charge is 2.19. The Morgan fingerprint density at radius 2 is 0.667 bits per heavy atom. The van der Waals surface area contributed by atoms with Gasteiger partial charge < -0.3 is 14.2 Å². The van der Waals surface area contributed by atoms with E-state index in [0.717, 1.165) is 96.3 Å². The average molecular weight is 915 g/mol. The second-order valence-electron chi connectivity index (χ2n) is 17.5. The molecule has 0 radical (unpaired) electrons. The number of carbonyl (C=O) groups excluding carboxylic acids is 3. The van der Waals surface area contributed by atoms with Gasteiger partial charge in [0, 0.05) is 19.3 Å². The number of hydrogen-bond acceptors (Lipinski definition) is 6. The SMILES string of the molecule is CC\C=C/C=C\C=C/C=C\C=C/CCCCCC(=O)OC(COC(=O)CCCCCC/C=C\C/C=C\C/C=C\CC)COC(=O)CCCCCCCCC/C=C\CCCCCCCCCC. The van der Waals surface area contributed by atoms with Crippen LogP contribution in [0.4, 0.5) is 0 Å². The van der Waals surface area contributed by atoms with Gasteiger partial charge in [-0.25, -0.2) is 0 Å². The van der Waals surface area contributed by atoms with Gasteiger partial charge >= 0.3 is 17.9 Å². The van der Waals surface area contributed by atoms with Gasteiger partial charge in [-0.15, -0.1) is 0 Å². The molecule has 1 atom stereocenters. The Bertz CT molecular complexity index is 1370. The number of allylic oxidation sites excluding steroid dienone is 18. The summed E-state index contributed by atoms with van der Waals surface area (Å²) in [6, 6.07) is 0. The molecule has 0 aliphatic rings. The minimum absolute atomic E-state index is 0.107. The van der Waals surface area contributed by atoms with Gasteiger partial charge in [-0.3, -0.25) is 14.4 Å². The fraction of sp³-hybridized carbons (Fsp3) is 0.650. The Balaban J connectivity index is 4.48. The molecular weight excluding hydrogens is 817 g/mol. The van der Waals surface area contributed by atoms with Gasteiger partial charge in [0.05, 0.1) is 0 Å². The zero-order valence-corrected chi connectivity index (χ0v) is 42.7. The molecule has 0 saturated heterocycles. The molecule has 374 valence electrons. The Morgan fingerprint density at radius 3 is 1.14 bits per heavy atom. The van der Waals surface area contributed by atoms with E-state index in [9.17, 15) is 14.4 Å².